The van der Waals surface area contributed by atoms with Crippen molar-refractivity contribution < 1.29 is 0 Å². The van der Waals surface area contributed by atoms with Crippen LogP contribution in [-0.4, -0.2) is 44.9 Å². The van der Waals surface area contributed by atoms with Crippen LogP contribution in [0, 0.1) is 0 Å². The van der Waals surface area contributed by atoms with E-state index in [-0.39, 0.29) is 0 Å². The highest BCUT2D eigenvalue weighted by atomic mass is 15.4. The quantitative estimate of drug-likeness (QED) is 0.877. The molecule has 0 unspecified atom stereocenters. The molecule has 0 aromatic carbocycles. The van der Waals surface area contributed by atoms with Crippen molar-refractivity contribution in [3.05, 3.63) is 18.0 Å². The van der Waals surface area contributed by atoms with Crippen molar-refractivity contribution in [3.8, 4) is 5.95 Å². The molecule has 0 amide bonds. The van der Waals surface area contributed by atoms with Gasteiger partial charge in [-0.2, -0.15) is 20.1 Å². The van der Waals surface area contributed by atoms with Gasteiger partial charge in [0, 0.05) is 26.3 Å². The average molecular weight is 289 g/mol. The molecule has 7 nitrogen and oxygen atoms in total. The summed E-state index contributed by atoms with van der Waals surface area (Å²) in [5.41, 5.74) is 1.02. The Bertz CT molecular complexity index is 587. The Balaban J connectivity index is 2.44. The van der Waals surface area contributed by atoms with Crippen molar-refractivity contribution in [2.45, 2.75) is 33.6 Å². The van der Waals surface area contributed by atoms with Gasteiger partial charge in [-0.05, 0) is 25.8 Å². The first-order chi connectivity index (χ1) is 10.1. The lowest BCUT2D eigenvalue weighted by atomic mass is 10.1. The van der Waals surface area contributed by atoms with Crippen LogP contribution in [0.5, 0.6) is 0 Å². The largest absolute Gasteiger partial charge is 0.357 e. The van der Waals surface area contributed by atoms with Crippen LogP contribution in [-0.2, 0) is 0 Å². The van der Waals surface area contributed by atoms with E-state index in [4.69, 9.17) is 0 Å². The number of nitrogens with one attached hydrogen (secondary N) is 1. The van der Waals surface area contributed by atoms with Crippen LogP contribution >= 0.6 is 0 Å². The Morgan fingerprint density at radius 1 is 1.19 bits per heavy atom. The van der Waals surface area contributed by atoms with E-state index in [0.29, 0.717) is 23.8 Å². The summed E-state index contributed by atoms with van der Waals surface area (Å²) in [4.78, 5) is 15.4. The Morgan fingerprint density at radius 3 is 2.43 bits per heavy atom. The van der Waals surface area contributed by atoms with Crippen molar-refractivity contribution >= 4 is 11.9 Å². The Morgan fingerprint density at radius 2 is 1.90 bits per heavy atom. The predicted octanol–water partition coefficient (Wildman–Crippen LogP) is 2.07. The second kappa shape index (κ2) is 6.51. The molecule has 0 saturated carbocycles. The third kappa shape index (κ3) is 3.29. The van der Waals surface area contributed by atoms with E-state index >= 15 is 0 Å². The molecule has 7 heteroatoms. The Hall–Kier alpha value is -2.18. The Labute approximate surface area is 125 Å². The van der Waals surface area contributed by atoms with Gasteiger partial charge in [0.05, 0.1) is 5.69 Å². The van der Waals surface area contributed by atoms with Gasteiger partial charge in [-0.1, -0.05) is 13.8 Å². The van der Waals surface area contributed by atoms with E-state index in [2.05, 4.69) is 58.0 Å². The molecule has 0 fully saturated rings. The summed E-state index contributed by atoms with van der Waals surface area (Å²) in [6.07, 6.45) is 1.89. The highest BCUT2D eigenvalue weighted by Crippen LogP contribution is 2.15. The number of hydrogen-bond donors (Lipinski definition) is 1. The average Bonchev–Trinajstić information content (AvgIpc) is 2.98. The van der Waals surface area contributed by atoms with Gasteiger partial charge in [0.25, 0.3) is 5.95 Å². The van der Waals surface area contributed by atoms with Gasteiger partial charge in [0.2, 0.25) is 11.9 Å². The zero-order valence-electron chi connectivity index (χ0n) is 13.3. The molecule has 0 aliphatic heterocycles. The highest BCUT2D eigenvalue weighted by molar-refractivity contribution is 5.39. The van der Waals surface area contributed by atoms with E-state index in [1.54, 1.807) is 11.7 Å². The number of anilines is 2. The summed E-state index contributed by atoms with van der Waals surface area (Å²) >= 11 is 0. The van der Waals surface area contributed by atoms with Crippen molar-refractivity contribution in [1.29, 1.82) is 0 Å². The number of aromatic nitrogens is 5. The molecular formula is C14H23N7. The van der Waals surface area contributed by atoms with Gasteiger partial charge < -0.3 is 10.2 Å². The maximum Gasteiger partial charge on any atom is 0.257 e. The first kappa shape index (κ1) is 15.2. The molecule has 2 aromatic heterocycles. The lowest BCUT2D eigenvalue weighted by Gasteiger charge is -2.19. The van der Waals surface area contributed by atoms with E-state index in [9.17, 15) is 0 Å². The third-order valence-corrected chi connectivity index (χ3v) is 3.29. The van der Waals surface area contributed by atoms with Crippen LogP contribution < -0.4 is 10.2 Å². The minimum Gasteiger partial charge on any atom is -0.357 e. The summed E-state index contributed by atoms with van der Waals surface area (Å²) in [7, 11) is 1.80. The van der Waals surface area contributed by atoms with Gasteiger partial charge >= 0.3 is 0 Å². The van der Waals surface area contributed by atoms with Crippen LogP contribution in [0.4, 0.5) is 11.9 Å². The smallest absolute Gasteiger partial charge is 0.257 e. The molecule has 0 aliphatic rings. The van der Waals surface area contributed by atoms with E-state index in [0.717, 1.165) is 18.8 Å². The minimum absolute atomic E-state index is 0.374. The summed E-state index contributed by atoms with van der Waals surface area (Å²) < 4.78 is 1.70. The number of rotatable bonds is 6. The van der Waals surface area contributed by atoms with Gasteiger partial charge in [-0.15, -0.1) is 0 Å². The fraction of sp³-hybridized carbons (Fsp3) is 0.571. The highest BCUT2D eigenvalue weighted by Gasteiger charge is 2.13. The van der Waals surface area contributed by atoms with Crippen molar-refractivity contribution in [2.75, 3.05) is 30.4 Å². The lowest BCUT2D eigenvalue weighted by molar-refractivity contribution is 0.728. The first-order valence-corrected chi connectivity index (χ1v) is 7.33. The maximum absolute atomic E-state index is 4.53. The summed E-state index contributed by atoms with van der Waals surface area (Å²) in [5.74, 6) is 2.11. The van der Waals surface area contributed by atoms with Gasteiger partial charge in [-0.25, -0.2) is 4.68 Å². The molecule has 2 aromatic rings. The maximum atomic E-state index is 4.53. The molecule has 21 heavy (non-hydrogen) atoms. The normalized spacial score (nSPS) is 11.0. The van der Waals surface area contributed by atoms with Crippen molar-refractivity contribution in [3.63, 3.8) is 0 Å². The molecule has 0 atom stereocenters. The van der Waals surface area contributed by atoms with Gasteiger partial charge in [0.15, 0.2) is 0 Å². The molecule has 0 saturated heterocycles. The SMILES string of the molecule is CCN(CC)c1nc(NC)nc(-n2ccc(C(C)C)n2)n1. The fourth-order valence-electron chi connectivity index (χ4n) is 1.97. The van der Waals surface area contributed by atoms with Crippen LogP contribution in [0.1, 0.15) is 39.3 Å². The van der Waals surface area contributed by atoms with Crippen LogP contribution in [0.3, 0.4) is 0 Å². The van der Waals surface area contributed by atoms with Gasteiger partial charge in [0.1, 0.15) is 0 Å². The van der Waals surface area contributed by atoms with E-state index in [1.165, 1.54) is 0 Å². The zero-order valence-corrected chi connectivity index (χ0v) is 13.3. The van der Waals surface area contributed by atoms with Crippen LogP contribution in [0.15, 0.2) is 12.3 Å². The number of nitrogens with zero attached hydrogens (tertiary/aromatic N) is 6. The number of hydrogen-bond acceptors (Lipinski definition) is 6. The van der Waals surface area contributed by atoms with E-state index in [1.807, 2.05) is 12.3 Å². The molecule has 0 spiro atoms. The Kier molecular flexibility index (Phi) is 4.72. The third-order valence-electron chi connectivity index (χ3n) is 3.29. The summed E-state index contributed by atoms with van der Waals surface area (Å²) in [5, 5.41) is 7.51. The predicted molar refractivity (Wildman–Crippen MR) is 84.1 cm³/mol. The van der Waals surface area contributed by atoms with Crippen molar-refractivity contribution in [1.82, 2.24) is 24.7 Å². The topological polar surface area (TPSA) is 71.8 Å². The summed E-state index contributed by atoms with van der Waals surface area (Å²) in [6, 6.07) is 1.99. The molecule has 2 heterocycles. The lowest BCUT2D eigenvalue weighted by Crippen LogP contribution is -2.25. The molecule has 2 rings (SSSR count). The second-order valence-corrected chi connectivity index (χ2v) is 5.02. The molecule has 1 N–H and O–H groups in total. The standard InChI is InChI=1S/C14H23N7/c1-6-20(7-2)13-16-12(15-5)17-14(18-13)21-9-8-11(19-21)10(3)4/h8-10H,6-7H2,1-5H3,(H,15,16,17,18). The minimum atomic E-state index is 0.374. The molecular weight excluding hydrogens is 266 g/mol. The van der Waals surface area contributed by atoms with Gasteiger partial charge in [-0.3, -0.25) is 0 Å². The zero-order chi connectivity index (χ0) is 15.4. The molecule has 0 aliphatic carbocycles. The first-order valence-electron chi connectivity index (χ1n) is 7.33. The second-order valence-electron chi connectivity index (χ2n) is 5.02. The monoisotopic (exact) mass is 289 g/mol. The van der Waals surface area contributed by atoms with Crippen molar-refractivity contribution in [2.24, 2.45) is 0 Å². The molecule has 0 radical (unpaired) electrons. The summed E-state index contributed by atoms with van der Waals surface area (Å²) in [6.45, 7) is 10.1. The van der Waals surface area contributed by atoms with Crippen LogP contribution in [0.2, 0.25) is 0 Å². The fourth-order valence-corrected chi connectivity index (χ4v) is 1.97. The van der Waals surface area contributed by atoms with E-state index < -0.39 is 0 Å². The van der Waals surface area contributed by atoms with Crippen LogP contribution in [0.25, 0.3) is 5.95 Å². The molecule has 114 valence electrons. The molecule has 0 bridgehead atoms.